The fourth-order valence-electron chi connectivity index (χ4n) is 5.08. The number of thioether (sulfide) groups is 1. The Morgan fingerprint density at radius 3 is 2.37 bits per heavy atom. The predicted octanol–water partition coefficient (Wildman–Crippen LogP) is -0.741. The zero-order valence-electron chi connectivity index (χ0n) is 31.5. The number of aromatic hydroxyl groups is 1. The lowest BCUT2D eigenvalue weighted by Crippen LogP contribution is -2.46. The summed E-state index contributed by atoms with van der Waals surface area (Å²) in [4.78, 5) is 87.7. The third-order valence-corrected chi connectivity index (χ3v) is 12.0. The van der Waals surface area contributed by atoms with Gasteiger partial charge in [-0.15, -0.1) is 0 Å². The van der Waals surface area contributed by atoms with E-state index in [0.29, 0.717) is 5.56 Å². The number of aliphatic hydroxyl groups excluding tert-OH is 2. The molecule has 4 rings (SSSR count). The topological polar surface area (TPSA) is 415 Å². The Morgan fingerprint density at radius 2 is 1.70 bits per heavy atom. The highest BCUT2D eigenvalue weighted by Gasteiger charge is 2.50. The number of ether oxygens (including phenoxy) is 1. The Bertz CT molecular complexity index is 2140. The number of rotatable bonds is 21. The summed E-state index contributed by atoms with van der Waals surface area (Å²) in [5.41, 5.74) is 4.94. The van der Waals surface area contributed by atoms with Gasteiger partial charge in [0.1, 0.15) is 42.0 Å². The van der Waals surface area contributed by atoms with E-state index in [4.69, 9.17) is 19.5 Å². The minimum Gasteiger partial charge on any atom is -0.508 e. The number of carbonyl (C=O) groups excluding carboxylic acids is 3. The molecule has 60 heavy (non-hydrogen) atoms. The van der Waals surface area contributed by atoms with Gasteiger partial charge in [-0.1, -0.05) is 43.8 Å². The van der Waals surface area contributed by atoms with Gasteiger partial charge in [-0.2, -0.15) is 4.31 Å². The first-order chi connectivity index (χ1) is 27.5. The summed E-state index contributed by atoms with van der Waals surface area (Å²) in [6.45, 7) is 0.345. The molecule has 0 bridgehead atoms. The van der Waals surface area contributed by atoms with Crippen LogP contribution in [-0.4, -0.2) is 133 Å². The van der Waals surface area contributed by atoms with Crippen LogP contribution >= 0.6 is 35.2 Å². The van der Waals surface area contributed by atoms with Crippen molar-refractivity contribution in [3.8, 4) is 5.75 Å². The fraction of sp³-hybridized carbons (Fsp3) is 0.467. The first-order valence-electron chi connectivity index (χ1n) is 17.0. The van der Waals surface area contributed by atoms with Gasteiger partial charge in [0, 0.05) is 30.7 Å². The number of amides is 2. The Labute approximate surface area is 344 Å². The maximum absolute atomic E-state index is 12.7. The summed E-state index contributed by atoms with van der Waals surface area (Å²) in [5, 5.41) is 35.4. The number of nitrogens with zero attached hydrogens (tertiary/aromatic N) is 4. The summed E-state index contributed by atoms with van der Waals surface area (Å²) >= 11 is 0.956. The van der Waals surface area contributed by atoms with Crippen LogP contribution in [0.15, 0.2) is 43.0 Å². The molecule has 0 spiro atoms. The Kier molecular flexibility index (Phi) is 18.0. The summed E-state index contributed by atoms with van der Waals surface area (Å²) in [6.07, 6.45) is -4.10. The number of benzene rings is 1. The third-order valence-electron chi connectivity index (χ3n) is 8.05. The van der Waals surface area contributed by atoms with Crippen molar-refractivity contribution in [2.24, 2.45) is 5.41 Å². The zero-order chi connectivity index (χ0) is 43.8. The molecule has 2 unspecified atom stereocenters. The van der Waals surface area contributed by atoms with E-state index in [1.807, 2.05) is 0 Å². The minimum atomic E-state index is -5.58. The van der Waals surface area contributed by atoms with Crippen LogP contribution in [0.5, 0.6) is 5.75 Å². The van der Waals surface area contributed by atoms with E-state index in [2.05, 4.69) is 34.4 Å². The van der Waals surface area contributed by atoms with E-state index in [-0.39, 0.29) is 58.6 Å². The number of anilines is 1. The first kappa shape index (κ1) is 50.6. The number of carbonyl (C=O) groups is 3. The first-order valence-corrected chi connectivity index (χ1v) is 22.5. The number of phosphoric ester groups is 3. The molecule has 334 valence electrons. The Balaban J connectivity index is 0.00000961. The van der Waals surface area contributed by atoms with Crippen LogP contribution in [0, 0.1) is 5.41 Å². The van der Waals surface area contributed by atoms with E-state index in [1.165, 1.54) is 32.1 Å². The molecule has 1 aliphatic rings. The minimum absolute atomic E-state index is 0. The number of phenolic OH excluding ortho intramolecular Hbond substituents is 1. The summed E-state index contributed by atoms with van der Waals surface area (Å²) in [6, 6.07) is 6.21. The van der Waals surface area contributed by atoms with E-state index >= 15 is 0 Å². The van der Waals surface area contributed by atoms with Crippen molar-refractivity contribution >= 4 is 75.2 Å². The van der Waals surface area contributed by atoms with Gasteiger partial charge in [-0.25, -0.2) is 28.6 Å². The molecule has 30 heteroatoms. The normalized spacial score (nSPS) is 20.9. The molecular formula is C30H44N7O19P3S. The summed E-state index contributed by atoms with van der Waals surface area (Å²) < 4.78 is 62.1. The maximum Gasteiger partial charge on any atom is 0.481 e. The van der Waals surface area contributed by atoms with Crippen LogP contribution < -0.4 is 16.4 Å². The van der Waals surface area contributed by atoms with Gasteiger partial charge in [-0.05, 0) is 23.8 Å². The van der Waals surface area contributed by atoms with Crippen LogP contribution in [-0.2, 0) is 50.7 Å². The quantitative estimate of drug-likeness (QED) is 0.0357. The second-order valence-electron chi connectivity index (χ2n) is 13.2. The van der Waals surface area contributed by atoms with E-state index in [9.17, 15) is 63.0 Å². The lowest BCUT2D eigenvalue weighted by atomic mass is 9.87. The lowest BCUT2D eigenvalue weighted by Gasteiger charge is -2.30. The number of hydrogen-bond acceptors (Lipinski definition) is 19. The standard InChI is InChI=1S/C30H42N7O18P3S.H2O/c1-30(2,25(42)28(43)33-10-9-20(39)32-11-12-59-21(40)8-5-17-3-6-18(38)7-4-17)14-52-58(49,50)55-57(47,48)51-13-19-24(54-56(44,45)46)23(41)29(53-19)37-16-36-22-26(31)34-15-35-27(22)37;/h3-8,15-16,19,23-25,29,38,41-42H,9-14H2,1-2H3,(H,32,39)(H,33,43)(H,47,48)(H,49,50)(H2,31,34,35)(H2,44,45,46);1H2/t19-,23-,24-,25+,29-;/m1./s1. The van der Waals surface area contributed by atoms with Crippen molar-refractivity contribution in [3.63, 3.8) is 0 Å². The number of hydrogen-bond donors (Lipinski definition) is 10. The summed E-state index contributed by atoms with van der Waals surface area (Å²) in [5.74, 6) is -1.17. The number of aromatic nitrogens is 4. The molecular weight excluding hydrogens is 887 g/mol. The lowest BCUT2D eigenvalue weighted by molar-refractivity contribution is -0.137. The number of aliphatic hydroxyl groups is 2. The number of fused-ring (bicyclic) bond motifs is 1. The van der Waals surface area contributed by atoms with Gasteiger partial charge in [0.05, 0.1) is 19.5 Å². The molecule has 1 saturated heterocycles. The van der Waals surface area contributed by atoms with Gasteiger partial charge >= 0.3 is 23.5 Å². The number of nitrogens with one attached hydrogen (secondary N) is 2. The molecule has 7 atom stereocenters. The van der Waals surface area contributed by atoms with E-state index in [0.717, 1.165) is 29.0 Å². The highest BCUT2D eigenvalue weighted by molar-refractivity contribution is 8.14. The Hall–Kier alpha value is -3.72. The fourth-order valence-corrected chi connectivity index (χ4v) is 8.48. The van der Waals surface area contributed by atoms with Crippen molar-refractivity contribution in [1.29, 1.82) is 0 Å². The summed E-state index contributed by atoms with van der Waals surface area (Å²) in [7, 11) is -16.4. The molecule has 2 amide bonds. The van der Waals surface area contributed by atoms with Gasteiger partial charge in [0.15, 0.2) is 17.7 Å². The van der Waals surface area contributed by atoms with Crippen LogP contribution in [0.3, 0.4) is 0 Å². The van der Waals surface area contributed by atoms with Crippen LogP contribution in [0.4, 0.5) is 5.82 Å². The molecule has 1 fully saturated rings. The average molecular weight is 932 g/mol. The van der Waals surface area contributed by atoms with Crippen LogP contribution in [0.1, 0.15) is 32.1 Å². The van der Waals surface area contributed by atoms with E-state index in [1.54, 1.807) is 18.2 Å². The van der Waals surface area contributed by atoms with Crippen molar-refractivity contribution in [3.05, 3.63) is 48.6 Å². The van der Waals surface area contributed by atoms with Gasteiger partial charge in [0.25, 0.3) is 0 Å². The van der Waals surface area contributed by atoms with Crippen LogP contribution in [0.25, 0.3) is 17.2 Å². The molecule has 3 heterocycles. The van der Waals surface area contributed by atoms with E-state index < -0.39 is 84.6 Å². The molecule has 0 saturated carbocycles. The number of imidazole rings is 1. The largest absolute Gasteiger partial charge is 0.508 e. The molecule has 0 aliphatic carbocycles. The second-order valence-corrected chi connectivity index (χ2v) is 18.5. The zero-order valence-corrected chi connectivity index (χ0v) is 35.0. The molecule has 1 aliphatic heterocycles. The number of phenols is 1. The molecule has 2 aromatic heterocycles. The molecule has 1 aromatic carbocycles. The molecule has 13 N–H and O–H groups in total. The van der Waals surface area contributed by atoms with Crippen molar-refractivity contribution in [2.45, 2.75) is 50.9 Å². The molecule has 26 nitrogen and oxygen atoms in total. The monoisotopic (exact) mass is 931 g/mol. The van der Waals surface area contributed by atoms with Crippen molar-refractivity contribution in [2.75, 3.05) is 37.8 Å². The molecule has 3 aromatic rings. The van der Waals surface area contributed by atoms with Gasteiger partial charge < -0.3 is 61.5 Å². The SMILES string of the molecule is CC(C)(COP(=O)(O)OP(=O)(O)OC[C@H]1O[C@@H](n2cnc3c(N)ncnc32)[C@H](O)[C@@H]1OP(=O)(O)O)[C@@H](O)C(=O)NCCC(=O)NCCSC(=O)C=Cc1ccc(O)cc1.O. The van der Waals surface area contributed by atoms with Crippen molar-refractivity contribution < 1.29 is 91.1 Å². The maximum atomic E-state index is 12.7. The Morgan fingerprint density at radius 1 is 1.03 bits per heavy atom. The van der Waals surface area contributed by atoms with Gasteiger partial charge in [-0.3, -0.25) is 32.5 Å². The van der Waals surface area contributed by atoms with Crippen LogP contribution in [0.2, 0.25) is 0 Å². The second kappa shape index (κ2) is 21.4. The number of nitrogens with two attached hydrogens (primary N) is 1. The number of nitrogen functional groups attached to an aromatic ring is 1. The van der Waals surface area contributed by atoms with Crippen molar-refractivity contribution in [1.82, 2.24) is 30.2 Å². The highest BCUT2D eigenvalue weighted by atomic mass is 32.2. The molecule has 0 radical (unpaired) electrons. The average Bonchev–Trinajstić information content (AvgIpc) is 3.71. The smallest absolute Gasteiger partial charge is 0.481 e. The highest BCUT2D eigenvalue weighted by Crippen LogP contribution is 2.61. The number of phosphoric acid groups is 3. The van der Waals surface area contributed by atoms with Gasteiger partial charge in [0.2, 0.25) is 16.9 Å². The third kappa shape index (κ3) is 15.0. The predicted molar refractivity (Wildman–Crippen MR) is 208 cm³/mol.